The minimum atomic E-state index is -0.0224. The van der Waals surface area contributed by atoms with Crippen LogP contribution in [-0.4, -0.2) is 11.2 Å². The van der Waals surface area contributed by atoms with Crippen molar-refractivity contribution < 1.29 is 5.11 Å². The van der Waals surface area contributed by atoms with E-state index in [0.29, 0.717) is 10.8 Å². The molecule has 0 heterocycles. The molecule has 20 heavy (non-hydrogen) atoms. The van der Waals surface area contributed by atoms with Crippen molar-refractivity contribution in [2.24, 2.45) is 28.6 Å². The maximum atomic E-state index is 10.0. The first-order valence-corrected chi connectivity index (χ1v) is 8.61. The standard InChI is InChI=1S/C19H28O/c1-18-9-3-4-16(18)15-6-5-13-12-14(20)7-11-19(13,2)17(15)8-10-18/h3-4,9,13-15,17,20H,5-8,10-12H2,1-2H3/t13-,14-,15-,17-,18-,19-/m0/s1. The summed E-state index contributed by atoms with van der Waals surface area (Å²) in [5.41, 5.74) is 2.60. The van der Waals surface area contributed by atoms with E-state index in [9.17, 15) is 5.11 Å². The fourth-order valence-electron chi connectivity index (χ4n) is 6.16. The zero-order valence-electron chi connectivity index (χ0n) is 12.9. The first-order chi connectivity index (χ1) is 9.53. The number of hydrogen-bond donors (Lipinski definition) is 1. The van der Waals surface area contributed by atoms with Crippen LogP contribution in [0.3, 0.4) is 0 Å². The summed E-state index contributed by atoms with van der Waals surface area (Å²) in [6.45, 7) is 4.99. The van der Waals surface area contributed by atoms with Crippen molar-refractivity contribution >= 4 is 0 Å². The van der Waals surface area contributed by atoms with Gasteiger partial charge in [0.05, 0.1) is 6.10 Å². The largest absolute Gasteiger partial charge is 0.393 e. The van der Waals surface area contributed by atoms with Gasteiger partial charge < -0.3 is 5.11 Å². The molecule has 0 aromatic rings. The molecule has 0 aliphatic heterocycles. The Morgan fingerprint density at radius 1 is 1.10 bits per heavy atom. The van der Waals surface area contributed by atoms with Gasteiger partial charge in [-0.05, 0) is 68.1 Å². The highest BCUT2D eigenvalue weighted by molar-refractivity contribution is 5.37. The smallest absolute Gasteiger partial charge is 0.0543 e. The highest BCUT2D eigenvalue weighted by Gasteiger charge is 2.54. The Bertz CT molecular complexity index is 476. The van der Waals surface area contributed by atoms with E-state index in [2.05, 4.69) is 32.1 Å². The molecule has 0 radical (unpaired) electrons. The lowest BCUT2D eigenvalue weighted by molar-refractivity contribution is -0.0789. The lowest BCUT2D eigenvalue weighted by Gasteiger charge is -2.58. The van der Waals surface area contributed by atoms with E-state index in [0.717, 1.165) is 30.6 Å². The summed E-state index contributed by atoms with van der Waals surface area (Å²) in [7, 11) is 0. The molecular weight excluding hydrogens is 244 g/mol. The third-order valence-corrected chi connectivity index (χ3v) is 7.44. The second-order valence-electron chi connectivity index (χ2n) is 8.36. The summed E-state index contributed by atoms with van der Waals surface area (Å²) in [5.74, 6) is 2.46. The van der Waals surface area contributed by atoms with Crippen molar-refractivity contribution in [1.82, 2.24) is 0 Å². The van der Waals surface area contributed by atoms with Crippen LogP contribution in [0.25, 0.3) is 0 Å². The van der Waals surface area contributed by atoms with E-state index >= 15 is 0 Å². The van der Waals surface area contributed by atoms with Crippen molar-refractivity contribution in [3.05, 3.63) is 23.8 Å². The fraction of sp³-hybridized carbons (Fsp3) is 0.789. The normalized spacial score (nSPS) is 53.9. The first kappa shape index (κ1) is 13.1. The van der Waals surface area contributed by atoms with Crippen LogP contribution in [0.15, 0.2) is 23.8 Å². The van der Waals surface area contributed by atoms with Crippen molar-refractivity contribution in [3.8, 4) is 0 Å². The number of fused-ring (bicyclic) bond motifs is 5. The molecule has 110 valence electrons. The molecule has 1 heteroatoms. The van der Waals surface area contributed by atoms with Gasteiger partial charge >= 0.3 is 0 Å². The molecular formula is C19H28O. The SMILES string of the molecule is C[C@]12CC[C@H](O)C[C@@H]1CC[C@H]1C3=CC=C[C@@]3(C)CC[C@@H]12. The van der Waals surface area contributed by atoms with Gasteiger partial charge in [-0.15, -0.1) is 0 Å². The highest BCUT2D eigenvalue weighted by atomic mass is 16.3. The van der Waals surface area contributed by atoms with Crippen LogP contribution in [0.1, 0.15) is 58.8 Å². The van der Waals surface area contributed by atoms with Crippen molar-refractivity contribution in [2.45, 2.75) is 64.9 Å². The van der Waals surface area contributed by atoms with Gasteiger partial charge in [-0.25, -0.2) is 0 Å². The van der Waals surface area contributed by atoms with Gasteiger partial charge in [0.2, 0.25) is 0 Å². The summed E-state index contributed by atoms with van der Waals surface area (Å²) in [6.07, 6.45) is 15.9. The van der Waals surface area contributed by atoms with Crippen LogP contribution in [-0.2, 0) is 0 Å². The number of rotatable bonds is 0. The van der Waals surface area contributed by atoms with Gasteiger partial charge in [-0.1, -0.05) is 37.6 Å². The average molecular weight is 272 g/mol. The van der Waals surface area contributed by atoms with Gasteiger partial charge in [0.25, 0.3) is 0 Å². The molecule has 1 nitrogen and oxygen atoms in total. The predicted octanol–water partition coefficient (Wildman–Crippen LogP) is 4.48. The number of allylic oxidation sites excluding steroid dienone is 4. The van der Waals surface area contributed by atoms with Gasteiger partial charge in [0.15, 0.2) is 0 Å². The van der Waals surface area contributed by atoms with Crippen LogP contribution < -0.4 is 0 Å². The Balaban J connectivity index is 1.66. The molecule has 0 bridgehead atoms. The van der Waals surface area contributed by atoms with Crippen molar-refractivity contribution in [2.75, 3.05) is 0 Å². The number of hydrogen-bond acceptors (Lipinski definition) is 1. The Kier molecular flexibility index (Phi) is 2.77. The summed E-state index contributed by atoms with van der Waals surface area (Å²) in [6, 6.07) is 0. The molecule has 0 aromatic heterocycles. The second kappa shape index (κ2) is 4.22. The predicted molar refractivity (Wildman–Crippen MR) is 82.2 cm³/mol. The zero-order valence-corrected chi connectivity index (χ0v) is 12.9. The minimum Gasteiger partial charge on any atom is -0.393 e. The fourth-order valence-corrected chi connectivity index (χ4v) is 6.16. The van der Waals surface area contributed by atoms with Gasteiger partial charge in [-0.2, -0.15) is 0 Å². The summed E-state index contributed by atoms with van der Waals surface area (Å²) in [4.78, 5) is 0. The first-order valence-electron chi connectivity index (χ1n) is 8.61. The zero-order chi connectivity index (χ0) is 14.0. The molecule has 3 saturated carbocycles. The summed E-state index contributed by atoms with van der Waals surface area (Å²) < 4.78 is 0. The van der Waals surface area contributed by atoms with Crippen LogP contribution >= 0.6 is 0 Å². The molecule has 1 N–H and O–H groups in total. The van der Waals surface area contributed by atoms with Crippen LogP contribution in [0.2, 0.25) is 0 Å². The molecule has 4 aliphatic rings. The van der Waals surface area contributed by atoms with Gasteiger partial charge in [-0.3, -0.25) is 0 Å². The van der Waals surface area contributed by atoms with E-state index in [-0.39, 0.29) is 6.10 Å². The van der Waals surface area contributed by atoms with E-state index in [4.69, 9.17) is 0 Å². The molecule has 0 aromatic carbocycles. The Morgan fingerprint density at radius 2 is 1.95 bits per heavy atom. The van der Waals surface area contributed by atoms with E-state index < -0.39 is 0 Å². The Labute approximate surface area is 123 Å². The molecule has 0 amide bonds. The van der Waals surface area contributed by atoms with Gasteiger partial charge in [0.1, 0.15) is 0 Å². The molecule has 0 unspecified atom stereocenters. The Hall–Kier alpha value is -0.560. The molecule has 0 spiro atoms. The highest BCUT2D eigenvalue weighted by Crippen LogP contribution is 2.63. The lowest BCUT2D eigenvalue weighted by atomic mass is 9.46. The van der Waals surface area contributed by atoms with Gasteiger partial charge in [0, 0.05) is 5.41 Å². The molecule has 3 fully saturated rings. The van der Waals surface area contributed by atoms with Crippen LogP contribution in [0.5, 0.6) is 0 Å². The van der Waals surface area contributed by atoms with Crippen LogP contribution in [0.4, 0.5) is 0 Å². The number of aliphatic hydroxyl groups is 1. The second-order valence-corrected chi connectivity index (χ2v) is 8.36. The van der Waals surface area contributed by atoms with E-state index in [1.807, 2.05) is 0 Å². The monoisotopic (exact) mass is 272 g/mol. The molecule has 4 rings (SSSR count). The lowest BCUT2D eigenvalue weighted by Crippen LogP contribution is -2.51. The quantitative estimate of drug-likeness (QED) is 0.689. The molecule has 0 saturated heterocycles. The van der Waals surface area contributed by atoms with E-state index in [1.165, 1.54) is 32.1 Å². The maximum Gasteiger partial charge on any atom is 0.0543 e. The van der Waals surface area contributed by atoms with Crippen molar-refractivity contribution in [1.29, 1.82) is 0 Å². The summed E-state index contributed by atoms with van der Waals surface area (Å²) >= 11 is 0. The maximum absolute atomic E-state index is 10.0. The Morgan fingerprint density at radius 3 is 2.80 bits per heavy atom. The average Bonchev–Trinajstić information content (AvgIpc) is 2.81. The van der Waals surface area contributed by atoms with E-state index in [1.54, 1.807) is 5.57 Å². The number of aliphatic hydroxyl groups excluding tert-OH is 1. The molecule has 4 aliphatic carbocycles. The topological polar surface area (TPSA) is 20.2 Å². The molecule has 6 atom stereocenters. The van der Waals surface area contributed by atoms with Crippen LogP contribution in [0, 0.1) is 28.6 Å². The third kappa shape index (κ3) is 1.65. The van der Waals surface area contributed by atoms with Crippen molar-refractivity contribution in [3.63, 3.8) is 0 Å². The minimum absolute atomic E-state index is 0.0224. The summed E-state index contributed by atoms with van der Waals surface area (Å²) in [5, 5.41) is 10.0. The third-order valence-electron chi connectivity index (χ3n) is 7.44.